The Morgan fingerprint density at radius 1 is 1.20 bits per heavy atom. The Morgan fingerprint density at radius 2 is 2.00 bits per heavy atom. The fraction of sp³-hybridized carbons (Fsp3) is 0.429. The first kappa shape index (κ1) is 16.3. The highest BCUT2D eigenvalue weighted by molar-refractivity contribution is 5.82. The molecule has 1 aliphatic heterocycles. The van der Waals surface area contributed by atoms with Gasteiger partial charge >= 0.3 is 0 Å². The van der Waals surface area contributed by atoms with Crippen molar-refractivity contribution in [3.63, 3.8) is 0 Å². The second kappa shape index (κ2) is 6.60. The second-order valence-electron chi connectivity index (χ2n) is 7.69. The molecule has 2 heterocycles. The Kier molecular flexibility index (Phi) is 4.30. The van der Waals surface area contributed by atoms with Gasteiger partial charge in [0.1, 0.15) is 0 Å². The first-order chi connectivity index (χ1) is 12.1. The molecule has 1 atom stereocenters. The van der Waals surface area contributed by atoms with E-state index < -0.39 is 5.41 Å². The van der Waals surface area contributed by atoms with Gasteiger partial charge in [-0.25, -0.2) is 0 Å². The standard InChI is InChI=1S/C21H25N3O/c22-20(25)21(8-11-24(15-21)14-16-4-5-16)13-17-2-1-3-19(12-17)18-6-9-23-10-7-18/h1-3,6-7,9-10,12,16H,4-5,8,11,13-15H2,(H2,22,25)/t21-/m0/s1. The van der Waals surface area contributed by atoms with Crippen LogP contribution in [0.5, 0.6) is 0 Å². The smallest absolute Gasteiger partial charge is 0.225 e. The van der Waals surface area contributed by atoms with Crippen LogP contribution in [-0.4, -0.2) is 35.4 Å². The zero-order valence-corrected chi connectivity index (χ0v) is 14.5. The van der Waals surface area contributed by atoms with Crippen molar-refractivity contribution in [2.75, 3.05) is 19.6 Å². The molecule has 1 aliphatic carbocycles. The normalized spacial score (nSPS) is 23.7. The number of amides is 1. The molecule has 1 saturated carbocycles. The van der Waals surface area contributed by atoms with Crippen molar-refractivity contribution < 1.29 is 4.79 Å². The van der Waals surface area contributed by atoms with Gasteiger partial charge in [-0.2, -0.15) is 0 Å². The van der Waals surface area contributed by atoms with Crippen LogP contribution in [-0.2, 0) is 11.2 Å². The highest BCUT2D eigenvalue weighted by atomic mass is 16.1. The first-order valence-corrected chi connectivity index (χ1v) is 9.16. The number of primary amides is 1. The van der Waals surface area contributed by atoms with Crippen LogP contribution in [0.15, 0.2) is 48.8 Å². The molecular weight excluding hydrogens is 310 g/mol. The summed E-state index contributed by atoms with van der Waals surface area (Å²) in [5.41, 5.74) is 8.93. The van der Waals surface area contributed by atoms with Gasteiger partial charge in [0.25, 0.3) is 0 Å². The fourth-order valence-electron chi connectivity index (χ4n) is 4.01. The van der Waals surface area contributed by atoms with Crippen molar-refractivity contribution in [1.82, 2.24) is 9.88 Å². The number of pyridine rings is 1. The number of nitrogens with two attached hydrogens (primary N) is 1. The predicted octanol–water partition coefficient (Wildman–Crippen LogP) is 2.88. The highest BCUT2D eigenvalue weighted by Gasteiger charge is 2.44. The van der Waals surface area contributed by atoms with E-state index in [0.717, 1.165) is 49.5 Å². The van der Waals surface area contributed by atoms with Gasteiger partial charge in [0.2, 0.25) is 5.91 Å². The summed E-state index contributed by atoms with van der Waals surface area (Å²) in [5.74, 6) is 0.693. The lowest BCUT2D eigenvalue weighted by molar-refractivity contribution is -0.127. The van der Waals surface area contributed by atoms with Crippen LogP contribution in [0, 0.1) is 11.3 Å². The van der Waals surface area contributed by atoms with Gasteiger partial charge < -0.3 is 10.6 Å². The number of rotatable bonds is 6. The molecular formula is C21H25N3O. The fourth-order valence-corrected chi connectivity index (χ4v) is 4.01. The Morgan fingerprint density at radius 3 is 2.72 bits per heavy atom. The molecule has 130 valence electrons. The third-order valence-corrected chi connectivity index (χ3v) is 5.65. The molecule has 4 rings (SSSR count). The van der Waals surface area contributed by atoms with Crippen LogP contribution >= 0.6 is 0 Å². The molecule has 2 fully saturated rings. The summed E-state index contributed by atoms with van der Waals surface area (Å²) in [6, 6.07) is 12.5. The number of benzene rings is 1. The quantitative estimate of drug-likeness (QED) is 0.883. The molecule has 0 radical (unpaired) electrons. The van der Waals surface area contributed by atoms with E-state index >= 15 is 0 Å². The molecule has 25 heavy (non-hydrogen) atoms. The lowest BCUT2D eigenvalue weighted by atomic mass is 9.79. The van der Waals surface area contributed by atoms with Crippen LogP contribution < -0.4 is 5.73 Å². The SMILES string of the molecule is NC(=O)[C@]1(Cc2cccc(-c3ccncc3)c2)CCN(CC2CC2)C1. The Hall–Kier alpha value is -2.20. The summed E-state index contributed by atoms with van der Waals surface area (Å²) in [7, 11) is 0. The Bertz CT molecular complexity index is 757. The minimum Gasteiger partial charge on any atom is -0.369 e. The number of carbonyl (C=O) groups excluding carboxylic acids is 1. The van der Waals surface area contributed by atoms with Gasteiger partial charge in [-0.15, -0.1) is 0 Å². The van der Waals surface area contributed by atoms with E-state index in [9.17, 15) is 4.79 Å². The number of carbonyl (C=O) groups is 1. The molecule has 0 spiro atoms. The van der Waals surface area contributed by atoms with E-state index in [1.165, 1.54) is 18.4 Å². The van der Waals surface area contributed by atoms with E-state index in [2.05, 4.69) is 34.1 Å². The molecule has 0 unspecified atom stereocenters. The minimum atomic E-state index is -0.425. The van der Waals surface area contributed by atoms with Gasteiger partial charge in [-0.3, -0.25) is 9.78 Å². The number of hydrogen-bond acceptors (Lipinski definition) is 3. The van der Waals surface area contributed by atoms with Crippen LogP contribution in [0.1, 0.15) is 24.8 Å². The lowest BCUT2D eigenvalue weighted by Gasteiger charge is -2.26. The topological polar surface area (TPSA) is 59.2 Å². The maximum Gasteiger partial charge on any atom is 0.225 e. The summed E-state index contributed by atoms with van der Waals surface area (Å²) in [6.45, 7) is 2.92. The Balaban J connectivity index is 1.54. The van der Waals surface area contributed by atoms with Crippen LogP contribution in [0.2, 0.25) is 0 Å². The zero-order valence-electron chi connectivity index (χ0n) is 14.5. The number of nitrogens with zero attached hydrogens (tertiary/aromatic N) is 2. The molecule has 1 saturated heterocycles. The number of aromatic nitrogens is 1. The Labute approximate surface area is 149 Å². The third-order valence-electron chi connectivity index (χ3n) is 5.65. The van der Waals surface area contributed by atoms with Gasteiger partial charge in [0.15, 0.2) is 0 Å². The van der Waals surface area contributed by atoms with E-state index in [4.69, 9.17) is 5.73 Å². The molecule has 4 nitrogen and oxygen atoms in total. The predicted molar refractivity (Wildman–Crippen MR) is 98.8 cm³/mol. The van der Waals surface area contributed by atoms with Gasteiger partial charge in [0.05, 0.1) is 5.41 Å². The van der Waals surface area contributed by atoms with Crippen LogP contribution in [0.4, 0.5) is 0 Å². The molecule has 0 bridgehead atoms. The van der Waals surface area contributed by atoms with E-state index in [1.54, 1.807) is 12.4 Å². The molecule has 1 aromatic heterocycles. The molecule has 1 amide bonds. The molecule has 4 heteroatoms. The average Bonchev–Trinajstić information content (AvgIpc) is 3.35. The molecule has 2 aliphatic rings. The molecule has 2 aromatic rings. The largest absolute Gasteiger partial charge is 0.369 e. The number of hydrogen-bond donors (Lipinski definition) is 1. The van der Waals surface area contributed by atoms with Crippen molar-refractivity contribution in [2.45, 2.75) is 25.7 Å². The first-order valence-electron chi connectivity index (χ1n) is 9.16. The van der Waals surface area contributed by atoms with E-state index in [1.807, 2.05) is 12.1 Å². The van der Waals surface area contributed by atoms with Gasteiger partial charge in [0, 0.05) is 25.5 Å². The van der Waals surface area contributed by atoms with Gasteiger partial charge in [-0.1, -0.05) is 24.3 Å². The third kappa shape index (κ3) is 3.59. The molecule has 2 N–H and O–H groups in total. The summed E-state index contributed by atoms with van der Waals surface area (Å²) in [5, 5.41) is 0. The van der Waals surface area contributed by atoms with Crippen molar-refractivity contribution in [1.29, 1.82) is 0 Å². The maximum absolute atomic E-state index is 12.3. The van der Waals surface area contributed by atoms with E-state index in [-0.39, 0.29) is 5.91 Å². The van der Waals surface area contributed by atoms with E-state index in [0.29, 0.717) is 0 Å². The summed E-state index contributed by atoms with van der Waals surface area (Å²) in [6.07, 6.45) is 7.89. The van der Waals surface area contributed by atoms with Crippen molar-refractivity contribution in [3.05, 3.63) is 54.4 Å². The number of likely N-dealkylation sites (tertiary alicyclic amines) is 1. The van der Waals surface area contributed by atoms with Crippen LogP contribution in [0.3, 0.4) is 0 Å². The zero-order chi connectivity index (χ0) is 17.3. The summed E-state index contributed by atoms with van der Waals surface area (Å²) < 4.78 is 0. The molecule has 1 aromatic carbocycles. The average molecular weight is 335 g/mol. The monoisotopic (exact) mass is 335 g/mol. The second-order valence-corrected chi connectivity index (χ2v) is 7.69. The van der Waals surface area contributed by atoms with Crippen molar-refractivity contribution in [2.24, 2.45) is 17.1 Å². The van der Waals surface area contributed by atoms with Crippen molar-refractivity contribution >= 4 is 5.91 Å². The summed E-state index contributed by atoms with van der Waals surface area (Å²) >= 11 is 0. The minimum absolute atomic E-state index is 0.153. The van der Waals surface area contributed by atoms with Gasteiger partial charge in [-0.05, 0) is 67.0 Å². The van der Waals surface area contributed by atoms with Crippen molar-refractivity contribution in [3.8, 4) is 11.1 Å². The van der Waals surface area contributed by atoms with Crippen LogP contribution in [0.25, 0.3) is 11.1 Å². The summed E-state index contributed by atoms with van der Waals surface area (Å²) in [4.78, 5) is 18.8. The lowest BCUT2D eigenvalue weighted by Crippen LogP contribution is -2.41. The maximum atomic E-state index is 12.3. The highest BCUT2D eigenvalue weighted by Crippen LogP contribution is 2.38.